The van der Waals surface area contributed by atoms with Crippen molar-refractivity contribution in [2.24, 2.45) is 5.73 Å². The molecule has 0 aliphatic rings. The molecule has 0 atom stereocenters. The Morgan fingerprint density at radius 2 is 1.55 bits per heavy atom. The molecule has 0 aliphatic carbocycles. The van der Waals surface area contributed by atoms with Crippen LogP contribution in [0, 0.1) is 0 Å². The van der Waals surface area contributed by atoms with E-state index in [1.54, 1.807) is 18.6 Å². The number of benzene rings is 2. The van der Waals surface area contributed by atoms with Crippen LogP contribution in [0.2, 0.25) is 0 Å². The van der Waals surface area contributed by atoms with Crippen LogP contribution in [0.1, 0.15) is 19.4 Å². The van der Waals surface area contributed by atoms with E-state index in [0.29, 0.717) is 5.65 Å². The van der Waals surface area contributed by atoms with E-state index in [9.17, 15) is 0 Å². The molecule has 0 unspecified atom stereocenters. The van der Waals surface area contributed by atoms with Gasteiger partial charge in [0.25, 0.3) is 0 Å². The molecule has 7 heteroatoms. The van der Waals surface area contributed by atoms with E-state index in [4.69, 9.17) is 5.73 Å². The largest absolute Gasteiger partial charge is 0.322 e. The molecular formula is C22H19N7. The minimum Gasteiger partial charge on any atom is -0.322 e. The van der Waals surface area contributed by atoms with Crippen LogP contribution in [0.4, 0.5) is 0 Å². The zero-order chi connectivity index (χ0) is 20.0. The predicted molar refractivity (Wildman–Crippen MR) is 112 cm³/mol. The van der Waals surface area contributed by atoms with Crippen LogP contribution in [-0.4, -0.2) is 29.5 Å². The summed E-state index contributed by atoms with van der Waals surface area (Å²) in [5.41, 5.74) is 12.3. The van der Waals surface area contributed by atoms with Gasteiger partial charge in [-0.3, -0.25) is 9.38 Å². The molecule has 0 radical (unpaired) electrons. The number of nitrogens with zero attached hydrogens (tertiary/aromatic N) is 6. The zero-order valence-corrected chi connectivity index (χ0v) is 16.1. The molecular weight excluding hydrogens is 362 g/mol. The Kier molecular flexibility index (Phi) is 3.85. The number of hydrogen-bond donors (Lipinski definition) is 1. The first kappa shape index (κ1) is 17.4. The molecule has 2 aromatic carbocycles. The van der Waals surface area contributed by atoms with Gasteiger partial charge in [-0.15, -0.1) is 10.2 Å². The van der Waals surface area contributed by atoms with Crippen LogP contribution in [0.5, 0.6) is 0 Å². The molecule has 0 fully saturated rings. The maximum Gasteiger partial charge on any atom is 0.180 e. The summed E-state index contributed by atoms with van der Waals surface area (Å²) in [4.78, 5) is 12.8. The maximum absolute atomic E-state index is 6.21. The van der Waals surface area contributed by atoms with Crippen molar-refractivity contribution in [3.05, 3.63) is 72.9 Å². The fraction of sp³-hybridized carbons (Fsp3) is 0.136. The van der Waals surface area contributed by atoms with Gasteiger partial charge in [0, 0.05) is 29.1 Å². The molecule has 29 heavy (non-hydrogen) atoms. The Hall–Kier alpha value is -3.71. The third-order valence-electron chi connectivity index (χ3n) is 5.00. The highest BCUT2D eigenvalue weighted by atomic mass is 15.3. The smallest absolute Gasteiger partial charge is 0.180 e. The van der Waals surface area contributed by atoms with Crippen LogP contribution >= 0.6 is 0 Å². The van der Waals surface area contributed by atoms with Gasteiger partial charge in [0.1, 0.15) is 6.33 Å². The summed E-state index contributed by atoms with van der Waals surface area (Å²) >= 11 is 0. The van der Waals surface area contributed by atoms with Gasteiger partial charge in [0.05, 0.1) is 17.2 Å². The van der Waals surface area contributed by atoms with E-state index in [-0.39, 0.29) is 0 Å². The minimum absolute atomic E-state index is 0.394. The van der Waals surface area contributed by atoms with Crippen molar-refractivity contribution in [1.82, 2.24) is 29.5 Å². The quantitative estimate of drug-likeness (QED) is 0.513. The summed E-state index contributed by atoms with van der Waals surface area (Å²) in [6.45, 7) is 3.98. The van der Waals surface area contributed by atoms with E-state index in [1.165, 1.54) is 6.33 Å². The summed E-state index contributed by atoms with van der Waals surface area (Å²) < 4.78 is 2.03. The molecule has 0 saturated carbocycles. The van der Waals surface area contributed by atoms with Gasteiger partial charge >= 0.3 is 0 Å². The van der Waals surface area contributed by atoms with E-state index in [0.717, 1.165) is 39.1 Å². The second-order valence-electron chi connectivity index (χ2n) is 7.61. The first-order valence-electron chi connectivity index (χ1n) is 9.30. The molecule has 0 saturated heterocycles. The highest BCUT2D eigenvalue weighted by molar-refractivity contribution is 5.84. The second-order valence-corrected chi connectivity index (χ2v) is 7.61. The van der Waals surface area contributed by atoms with Crippen molar-refractivity contribution in [2.75, 3.05) is 0 Å². The molecule has 3 aromatic heterocycles. The number of nitrogens with two attached hydrogens (primary N) is 1. The molecule has 5 aromatic rings. The lowest BCUT2D eigenvalue weighted by molar-refractivity contribution is 0.554. The van der Waals surface area contributed by atoms with Gasteiger partial charge in [-0.2, -0.15) is 0 Å². The van der Waals surface area contributed by atoms with Crippen molar-refractivity contribution >= 4 is 16.7 Å². The van der Waals surface area contributed by atoms with Gasteiger partial charge in [-0.25, -0.2) is 9.97 Å². The van der Waals surface area contributed by atoms with Crippen molar-refractivity contribution in [2.45, 2.75) is 19.4 Å². The molecule has 142 valence electrons. The molecule has 2 N–H and O–H groups in total. The van der Waals surface area contributed by atoms with Gasteiger partial charge in [0.2, 0.25) is 0 Å². The van der Waals surface area contributed by atoms with E-state index < -0.39 is 5.54 Å². The van der Waals surface area contributed by atoms with Gasteiger partial charge < -0.3 is 5.73 Å². The average Bonchev–Trinajstić information content (AvgIpc) is 3.18. The van der Waals surface area contributed by atoms with Gasteiger partial charge in [-0.05, 0) is 37.1 Å². The molecule has 3 heterocycles. The van der Waals surface area contributed by atoms with Crippen molar-refractivity contribution in [1.29, 1.82) is 0 Å². The molecule has 7 nitrogen and oxygen atoms in total. The number of aromatic nitrogens is 6. The highest BCUT2D eigenvalue weighted by Crippen LogP contribution is 2.27. The van der Waals surface area contributed by atoms with Crippen LogP contribution in [-0.2, 0) is 5.54 Å². The Morgan fingerprint density at radius 1 is 0.828 bits per heavy atom. The van der Waals surface area contributed by atoms with Crippen LogP contribution in [0.25, 0.3) is 39.2 Å². The lowest BCUT2D eigenvalue weighted by atomic mass is 9.95. The molecule has 0 amide bonds. The summed E-state index contributed by atoms with van der Waals surface area (Å²) in [6.07, 6.45) is 6.85. The summed E-state index contributed by atoms with van der Waals surface area (Å²) in [7, 11) is 0. The molecule has 0 aliphatic heterocycles. The van der Waals surface area contributed by atoms with Gasteiger partial charge in [0.15, 0.2) is 11.5 Å². The summed E-state index contributed by atoms with van der Waals surface area (Å²) in [5, 5.41) is 8.75. The van der Waals surface area contributed by atoms with Crippen LogP contribution in [0.3, 0.4) is 0 Å². The van der Waals surface area contributed by atoms with Gasteiger partial charge in [-0.1, -0.05) is 30.3 Å². The fourth-order valence-electron chi connectivity index (χ4n) is 3.42. The second kappa shape index (κ2) is 6.42. The third-order valence-corrected chi connectivity index (χ3v) is 5.00. The summed E-state index contributed by atoms with van der Waals surface area (Å²) in [5.74, 6) is 0.759. The van der Waals surface area contributed by atoms with E-state index in [2.05, 4.69) is 31.2 Å². The SMILES string of the molecule is CC(C)(N)c1ccc(-c2nnc3cnc4ccc(-c5cncnc5)cc4n23)cc1. The van der Waals surface area contributed by atoms with E-state index in [1.807, 2.05) is 54.6 Å². The lowest BCUT2D eigenvalue weighted by Gasteiger charge is -2.19. The minimum atomic E-state index is -0.394. The van der Waals surface area contributed by atoms with Crippen molar-refractivity contribution in [3.63, 3.8) is 0 Å². The number of hydrogen-bond acceptors (Lipinski definition) is 6. The Bertz CT molecular complexity index is 1320. The normalized spacial score (nSPS) is 12.0. The number of fused-ring (bicyclic) bond motifs is 3. The highest BCUT2D eigenvalue weighted by Gasteiger charge is 2.16. The third kappa shape index (κ3) is 3.01. The van der Waals surface area contributed by atoms with Crippen molar-refractivity contribution in [3.8, 4) is 22.5 Å². The lowest BCUT2D eigenvalue weighted by Crippen LogP contribution is -2.28. The van der Waals surface area contributed by atoms with E-state index >= 15 is 0 Å². The zero-order valence-electron chi connectivity index (χ0n) is 16.1. The fourth-order valence-corrected chi connectivity index (χ4v) is 3.42. The molecule has 0 bridgehead atoms. The molecule has 5 rings (SSSR count). The predicted octanol–water partition coefficient (Wildman–Crippen LogP) is 3.60. The first-order valence-corrected chi connectivity index (χ1v) is 9.30. The Labute approximate surface area is 167 Å². The molecule has 0 spiro atoms. The maximum atomic E-state index is 6.21. The van der Waals surface area contributed by atoms with Crippen molar-refractivity contribution < 1.29 is 0 Å². The standard InChI is InChI=1S/C22H19N7/c1-22(2,23)17-6-3-14(4-7-17)21-28-27-20-12-26-18-8-5-15(9-19(18)29(20)21)16-10-24-13-25-11-16/h3-13H,23H2,1-2H3. The van der Waals surface area contributed by atoms with Crippen LogP contribution < -0.4 is 5.73 Å². The Morgan fingerprint density at radius 3 is 2.28 bits per heavy atom. The first-order chi connectivity index (χ1) is 14.0. The topological polar surface area (TPSA) is 94.9 Å². The van der Waals surface area contributed by atoms with Crippen LogP contribution in [0.15, 0.2) is 67.4 Å². The Balaban J connectivity index is 1.72. The number of rotatable bonds is 3. The summed E-state index contributed by atoms with van der Waals surface area (Å²) in [6, 6.07) is 14.2. The average molecular weight is 381 g/mol. The monoisotopic (exact) mass is 381 g/mol.